The Morgan fingerprint density at radius 3 is 0.667 bits per heavy atom. The van der Waals surface area contributed by atoms with E-state index in [2.05, 4.69) is 60.0 Å². The molecule has 0 aromatic rings. The Hall–Kier alpha value is 2.49. The molecule has 0 saturated carbocycles. The number of hydrogen-bond donors (Lipinski definition) is 0. The Bertz CT molecular complexity index is 215. The van der Waals surface area contributed by atoms with Gasteiger partial charge in [0.05, 0.1) is 0 Å². The molecule has 0 aromatic carbocycles. The molecule has 6 heteroatoms. The summed E-state index contributed by atoms with van der Waals surface area (Å²) in [5.41, 5.74) is -4.42. The van der Waals surface area contributed by atoms with Gasteiger partial charge in [0.2, 0.25) is 0 Å². The van der Waals surface area contributed by atoms with Gasteiger partial charge in [-0.2, -0.15) is 0 Å². The molecule has 0 nitrogen and oxygen atoms in total. The van der Waals surface area contributed by atoms with E-state index in [0.29, 0.717) is 0 Å². The third-order valence-electron chi connectivity index (χ3n) is 2.79. The van der Waals surface area contributed by atoms with E-state index in [4.69, 9.17) is 19.4 Å². The zero-order valence-electron chi connectivity index (χ0n) is 11.6. The first-order valence-corrected chi connectivity index (χ1v) is 27.7. The third kappa shape index (κ3) is 2.34. The van der Waals surface area contributed by atoms with Crippen LogP contribution in [0.3, 0.4) is 0 Å². The molecule has 0 unspecified atom stereocenters. The zero-order chi connectivity index (χ0) is 12.9. The molecule has 0 saturated heterocycles. The Balaban J connectivity index is 6.08. The number of rotatable bonds is 3. The molecular weight excluding hydrogens is 373 g/mol. The SMILES string of the molecule is C[PH](C)(C)[Ru]([Cl])([Cl])([PH](C)(C)C)[PH](C)(C)C. The molecule has 0 atom stereocenters. The summed E-state index contributed by atoms with van der Waals surface area (Å²) in [5, 5.41) is 0. The standard InChI is InChI=1S/3C3H9P.2ClH.Ru/c3*1-4(2)3;;;/h3*1-3H3;2*1H;/q;;;;;-1/p+1. The van der Waals surface area contributed by atoms with Gasteiger partial charge in [0.25, 0.3) is 0 Å². The van der Waals surface area contributed by atoms with Crippen molar-refractivity contribution < 1.29 is 10.2 Å². The van der Waals surface area contributed by atoms with Crippen LogP contribution in [0.25, 0.3) is 0 Å². The number of halogens is 2. The van der Waals surface area contributed by atoms with E-state index >= 15 is 0 Å². The maximum absolute atomic E-state index is 7.35. The van der Waals surface area contributed by atoms with Gasteiger partial charge < -0.3 is 0 Å². The summed E-state index contributed by atoms with van der Waals surface area (Å²) in [7, 11) is 11.6. The van der Waals surface area contributed by atoms with Crippen LogP contribution >= 0.6 is 36.2 Å². The molecule has 0 aliphatic heterocycles. The molecule has 0 aliphatic rings. The van der Waals surface area contributed by atoms with Gasteiger partial charge in [-0.15, -0.1) is 0 Å². The fourth-order valence-corrected chi connectivity index (χ4v) is 127. The monoisotopic (exact) mass is 403 g/mol. The molecule has 15 heavy (non-hydrogen) atoms. The molecule has 0 rings (SSSR count). The molecule has 0 N–H and O–H groups in total. The summed E-state index contributed by atoms with van der Waals surface area (Å²) in [6.07, 6.45) is 0. The summed E-state index contributed by atoms with van der Waals surface area (Å²) in [6, 6.07) is 0. The van der Waals surface area contributed by atoms with Crippen molar-refractivity contribution in [3.63, 3.8) is 0 Å². The van der Waals surface area contributed by atoms with Crippen LogP contribution < -0.4 is 0 Å². The quantitative estimate of drug-likeness (QED) is 0.476. The fraction of sp³-hybridized carbons (Fsp3) is 1.00. The van der Waals surface area contributed by atoms with Crippen molar-refractivity contribution in [2.75, 3.05) is 60.0 Å². The molecule has 0 radical (unpaired) electrons. The van der Waals surface area contributed by atoms with Crippen molar-refractivity contribution in [3.05, 3.63) is 0 Å². The van der Waals surface area contributed by atoms with E-state index in [1.165, 1.54) is 0 Å². The molecule has 0 aromatic heterocycles. The Morgan fingerprint density at radius 2 is 0.667 bits per heavy atom. The van der Waals surface area contributed by atoms with Crippen molar-refractivity contribution in [2.45, 2.75) is 0 Å². The van der Waals surface area contributed by atoms with Crippen LogP contribution in [0.5, 0.6) is 0 Å². The van der Waals surface area contributed by atoms with Crippen LogP contribution in [0, 0.1) is 0 Å². The fourth-order valence-electron chi connectivity index (χ4n) is 2.39. The van der Waals surface area contributed by atoms with Crippen LogP contribution in [-0.2, 0) is 10.2 Å². The molecule has 103 valence electrons. The summed E-state index contributed by atoms with van der Waals surface area (Å²) in [5.74, 6) is 0. The van der Waals surface area contributed by atoms with Crippen LogP contribution in [-0.4, -0.2) is 60.0 Å². The first-order valence-electron chi connectivity index (χ1n) is 5.30. The molecule has 0 fully saturated rings. The molecule has 0 heterocycles. The molecule has 0 amide bonds. The van der Waals surface area contributed by atoms with Gasteiger partial charge >= 0.3 is 106 Å². The summed E-state index contributed by atoms with van der Waals surface area (Å²) < 4.78 is 0. The summed E-state index contributed by atoms with van der Waals surface area (Å²) in [6.45, 7) is 21.6. The van der Waals surface area contributed by atoms with Gasteiger partial charge in [0.15, 0.2) is 0 Å². The zero-order valence-corrected chi connectivity index (χ0v) is 17.9. The molecule has 0 aliphatic carbocycles. The van der Waals surface area contributed by atoms with Crippen molar-refractivity contribution in [3.8, 4) is 0 Å². The number of hydrogen-bond acceptors (Lipinski definition) is 0. The van der Waals surface area contributed by atoms with Crippen molar-refractivity contribution in [2.24, 2.45) is 0 Å². The van der Waals surface area contributed by atoms with Gasteiger partial charge in [0.1, 0.15) is 0 Å². The van der Waals surface area contributed by atoms with Crippen LogP contribution in [0.4, 0.5) is 0 Å². The van der Waals surface area contributed by atoms with Crippen LogP contribution in [0.15, 0.2) is 0 Å². The Kier molecular flexibility index (Phi) is 4.97. The topological polar surface area (TPSA) is 0 Å². The van der Waals surface area contributed by atoms with E-state index in [-0.39, 0.29) is 0 Å². The van der Waals surface area contributed by atoms with Crippen molar-refractivity contribution in [1.29, 1.82) is 0 Å². The van der Waals surface area contributed by atoms with Gasteiger partial charge in [-0.3, -0.25) is 0 Å². The van der Waals surface area contributed by atoms with Gasteiger partial charge in [0, 0.05) is 0 Å². The molecule has 0 bridgehead atoms. The minimum absolute atomic E-state index is 1.47. The van der Waals surface area contributed by atoms with Gasteiger partial charge in [-0.1, -0.05) is 0 Å². The van der Waals surface area contributed by atoms with E-state index in [9.17, 15) is 0 Å². The minimum atomic E-state index is -3.09. The molecule has 0 spiro atoms. The summed E-state index contributed by atoms with van der Waals surface area (Å²) in [4.78, 5) is 0. The second-order valence-electron chi connectivity index (χ2n) is 6.81. The van der Waals surface area contributed by atoms with Crippen LogP contribution in [0.1, 0.15) is 0 Å². The predicted molar refractivity (Wildman–Crippen MR) is 90.0 cm³/mol. The summed E-state index contributed by atoms with van der Waals surface area (Å²) >= 11 is 0. The second-order valence-corrected chi connectivity index (χ2v) is 79.9. The average molecular weight is 403 g/mol. The first-order chi connectivity index (χ1) is 6.07. The average Bonchev–Trinajstić information content (AvgIpc) is 1.78. The predicted octanol–water partition coefficient (Wildman–Crippen LogP) is 4.65. The second kappa shape index (κ2) is 4.26. The Morgan fingerprint density at radius 1 is 0.533 bits per heavy atom. The van der Waals surface area contributed by atoms with E-state index in [1.807, 2.05) is 0 Å². The van der Waals surface area contributed by atoms with Crippen molar-refractivity contribution in [1.82, 2.24) is 0 Å². The van der Waals surface area contributed by atoms with E-state index in [1.54, 1.807) is 0 Å². The molecular formula is C9H30Cl2P3Ru. The van der Waals surface area contributed by atoms with Gasteiger partial charge in [-0.05, 0) is 0 Å². The normalized spacial score (nSPS) is 21.7. The van der Waals surface area contributed by atoms with Gasteiger partial charge in [-0.25, -0.2) is 0 Å². The van der Waals surface area contributed by atoms with Crippen molar-refractivity contribution >= 4 is 36.2 Å². The van der Waals surface area contributed by atoms with E-state index < -0.39 is 27.0 Å². The maximum atomic E-state index is 7.35. The van der Waals surface area contributed by atoms with Crippen LogP contribution in [0.2, 0.25) is 0 Å². The third-order valence-corrected chi connectivity index (χ3v) is 149. The Labute approximate surface area is 106 Å². The first kappa shape index (κ1) is 17.5. The van der Waals surface area contributed by atoms with E-state index in [0.717, 1.165) is 0 Å².